The third-order valence-electron chi connectivity index (χ3n) is 2.66. The monoisotopic (exact) mass is 221 g/mol. The summed E-state index contributed by atoms with van der Waals surface area (Å²) in [5.74, 6) is -0.181. The Labute approximate surface area is 94.2 Å². The number of carbonyl (C=O) groups is 1. The Morgan fingerprint density at radius 2 is 2.44 bits per heavy atom. The van der Waals surface area contributed by atoms with Crippen LogP contribution in [-0.2, 0) is 0 Å². The second kappa shape index (κ2) is 4.43. The molecule has 0 amide bonds. The average Bonchev–Trinajstić information content (AvgIpc) is 2.28. The molecule has 2 N–H and O–H groups in total. The van der Waals surface area contributed by atoms with Gasteiger partial charge in [-0.3, -0.25) is 0 Å². The molecule has 0 bridgehead atoms. The number of nitrogens with one attached hydrogen (secondary N) is 1. The fraction of sp³-hybridized carbons (Fsp3) is 0.417. The molecule has 0 spiro atoms. The summed E-state index contributed by atoms with van der Waals surface area (Å²) < 4.78 is 5.57. The van der Waals surface area contributed by atoms with E-state index in [-0.39, 0.29) is 11.6 Å². The van der Waals surface area contributed by atoms with E-state index in [2.05, 4.69) is 12.2 Å². The van der Waals surface area contributed by atoms with E-state index in [4.69, 9.17) is 9.84 Å². The van der Waals surface area contributed by atoms with Crippen molar-refractivity contribution in [3.63, 3.8) is 0 Å². The molecule has 0 radical (unpaired) electrons. The van der Waals surface area contributed by atoms with Gasteiger partial charge in [-0.1, -0.05) is 13.3 Å². The molecule has 1 heterocycles. The van der Waals surface area contributed by atoms with Gasteiger partial charge in [0.2, 0.25) is 0 Å². The number of anilines is 1. The smallest absolute Gasteiger partial charge is 0.335 e. The van der Waals surface area contributed by atoms with Crippen molar-refractivity contribution in [1.82, 2.24) is 0 Å². The highest BCUT2D eigenvalue weighted by Gasteiger charge is 2.19. The summed E-state index contributed by atoms with van der Waals surface area (Å²) in [6.45, 7) is 2.76. The largest absolute Gasteiger partial charge is 0.489 e. The summed E-state index contributed by atoms with van der Waals surface area (Å²) in [6.07, 6.45) is 2.10. The van der Waals surface area contributed by atoms with Crippen LogP contribution < -0.4 is 10.1 Å². The highest BCUT2D eigenvalue weighted by molar-refractivity contribution is 5.89. The third kappa shape index (κ3) is 2.10. The Bertz CT molecular complexity index is 403. The molecule has 16 heavy (non-hydrogen) atoms. The number of ether oxygens (including phenoxy) is 1. The van der Waals surface area contributed by atoms with Crippen LogP contribution in [-0.4, -0.2) is 23.7 Å². The number of fused-ring (bicyclic) bond motifs is 1. The van der Waals surface area contributed by atoms with Crippen molar-refractivity contribution in [3.05, 3.63) is 23.8 Å². The number of hydrogen-bond donors (Lipinski definition) is 2. The van der Waals surface area contributed by atoms with Gasteiger partial charge in [0.1, 0.15) is 12.4 Å². The number of aromatic carboxylic acids is 1. The van der Waals surface area contributed by atoms with Crippen molar-refractivity contribution in [3.8, 4) is 5.75 Å². The second-order valence-electron chi connectivity index (χ2n) is 3.96. The zero-order chi connectivity index (χ0) is 11.5. The first-order valence-electron chi connectivity index (χ1n) is 5.47. The van der Waals surface area contributed by atoms with Gasteiger partial charge in [-0.2, -0.15) is 0 Å². The summed E-state index contributed by atoms with van der Waals surface area (Å²) in [4.78, 5) is 10.8. The Balaban J connectivity index is 2.21. The van der Waals surface area contributed by atoms with E-state index in [9.17, 15) is 4.79 Å². The molecule has 4 heteroatoms. The number of hydrogen-bond acceptors (Lipinski definition) is 3. The van der Waals surface area contributed by atoms with E-state index in [0.29, 0.717) is 6.61 Å². The highest BCUT2D eigenvalue weighted by Crippen LogP contribution is 2.30. The van der Waals surface area contributed by atoms with Crippen LogP contribution in [0.1, 0.15) is 30.1 Å². The Kier molecular flexibility index (Phi) is 2.99. The van der Waals surface area contributed by atoms with Gasteiger partial charge in [0.05, 0.1) is 17.3 Å². The SMILES string of the molecule is CCCC1COc2ccc(C(=O)O)cc2N1. The van der Waals surface area contributed by atoms with E-state index in [1.807, 2.05) is 0 Å². The van der Waals surface area contributed by atoms with E-state index < -0.39 is 5.97 Å². The average molecular weight is 221 g/mol. The minimum absolute atomic E-state index is 0.279. The summed E-state index contributed by atoms with van der Waals surface area (Å²) in [6, 6.07) is 5.16. The first-order valence-corrected chi connectivity index (χ1v) is 5.47. The lowest BCUT2D eigenvalue weighted by molar-refractivity contribution is 0.0697. The number of rotatable bonds is 3. The van der Waals surface area contributed by atoms with Gasteiger partial charge >= 0.3 is 5.97 Å². The van der Waals surface area contributed by atoms with Gasteiger partial charge in [-0.05, 0) is 24.6 Å². The number of benzene rings is 1. The first-order chi connectivity index (χ1) is 7.70. The fourth-order valence-electron chi connectivity index (χ4n) is 1.86. The predicted molar refractivity (Wildman–Crippen MR) is 61.2 cm³/mol. The van der Waals surface area contributed by atoms with E-state index in [1.54, 1.807) is 18.2 Å². The van der Waals surface area contributed by atoms with Crippen LogP contribution >= 0.6 is 0 Å². The molecule has 0 fully saturated rings. The molecule has 0 aromatic heterocycles. The molecule has 2 rings (SSSR count). The fourth-order valence-corrected chi connectivity index (χ4v) is 1.86. The van der Waals surface area contributed by atoms with Crippen LogP contribution in [0.4, 0.5) is 5.69 Å². The van der Waals surface area contributed by atoms with Crippen molar-refractivity contribution in [2.45, 2.75) is 25.8 Å². The maximum Gasteiger partial charge on any atom is 0.335 e. The predicted octanol–water partition coefficient (Wildman–Crippen LogP) is 2.36. The third-order valence-corrected chi connectivity index (χ3v) is 2.66. The molecule has 0 saturated heterocycles. The van der Waals surface area contributed by atoms with Gasteiger partial charge in [0.25, 0.3) is 0 Å². The van der Waals surface area contributed by atoms with Gasteiger partial charge in [-0.25, -0.2) is 4.79 Å². The lowest BCUT2D eigenvalue weighted by atomic mass is 10.1. The van der Waals surface area contributed by atoms with Gasteiger partial charge in [0, 0.05) is 0 Å². The summed E-state index contributed by atoms with van der Waals surface area (Å²) >= 11 is 0. The van der Waals surface area contributed by atoms with Crippen molar-refractivity contribution in [2.75, 3.05) is 11.9 Å². The number of carboxylic acid groups (broad SMARTS) is 1. The molecule has 1 aliphatic rings. The van der Waals surface area contributed by atoms with E-state index in [0.717, 1.165) is 24.3 Å². The van der Waals surface area contributed by atoms with Crippen LogP contribution in [0.2, 0.25) is 0 Å². The van der Waals surface area contributed by atoms with Crippen LogP contribution in [0.25, 0.3) is 0 Å². The summed E-state index contributed by atoms with van der Waals surface area (Å²) in [5, 5.41) is 12.2. The molecular weight excluding hydrogens is 206 g/mol. The topological polar surface area (TPSA) is 58.6 Å². The standard InChI is InChI=1S/C12H15NO3/c1-2-3-9-7-16-11-5-4-8(12(14)15)6-10(11)13-9/h4-6,9,13H,2-3,7H2,1H3,(H,14,15). The van der Waals surface area contributed by atoms with Crippen LogP contribution in [0.15, 0.2) is 18.2 Å². The van der Waals surface area contributed by atoms with Gasteiger partial charge < -0.3 is 15.2 Å². The number of carboxylic acids is 1. The molecule has 0 saturated carbocycles. The van der Waals surface area contributed by atoms with Crippen LogP contribution in [0, 0.1) is 0 Å². The quantitative estimate of drug-likeness (QED) is 0.822. The second-order valence-corrected chi connectivity index (χ2v) is 3.96. The Hall–Kier alpha value is -1.71. The first kappa shape index (κ1) is 10.8. The Morgan fingerprint density at radius 1 is 1.62 bits per heavy atom. The van der Waals surface area contributed by atoms with Crippen molar-refractivity contribution in [2.24, 2.45) is 0 Å². The minimum Gasteiger partial charge on any atom is -0.489 e. The van der Waals surface area contributed by atoms with Crippen LogP contribution in [0.3, 0.4) is 0 Å². The lowest BCUT2D eigenvalue weighted by Crippen LogP contribution is -2.31. The zero-order valence-electron chi connectivity index (χ0n) is 9.19. The van der Waals surface area contributed by atoms with Gasteiger partial charge in [0.15, 0.2) is 0 Å². The maximum absolute atomic E-state index is 10.8. The van der Waals surface area contributed by atoms with E-state index >= 15 is 0 Å². The lowest BCUT2D eigenvalue weighted by Gasteiger charge is -2.27. The molecule has 1 unspecified atom stereocenters. The molecule has 86 valence electrons. The molecule has 1 aromatic carbocycles. The highest BCUT2D eigenvalue weighted by atomic mass is 16.5. The van der Waals surface area contributed by atoms with Gasteiger partial charge in [-0.15, -0.1) is 0 Å². The summed E-state index contributed by atoms with van der Waals surface area (Å²) in [7, 11) is 0. The maximum atomic E-state index is 10.8. The van der Waals surface area contributed by atoms with Crippen molar-refractivity contribution >= 4 is 11.7 Å². The zero-order valence-corrected chi connectivity index (χ0v) is 9.19. The molecule has 1 aliphatic heterocycles. The molecule has 1 aromatic rings. The van der Waals surface area contributed by atoms with E-state index in [1.165, 1.54) is 0 Å². The molecular formula is C12H15NO3. The molecule has 0 aliphatic carbocycles. The van der Waals surface area contributed by atoms with Crippen molar-refractivity contribution in [1.29, 1.82) is 0 Å². The summed E-state index contributed by atoms with van der Waals surface area (Å²) in [5.41, 5.74) is 1.07. The van der Waals surface area contributed by atoms with Crippen molar-refractivity contribution < 1.29 is 14.6 Å². The normalized spacial score (nSPS) is 18.2. The Morgan fingerprint density at radius 3 is 3.12 bits per heavy atom. The minimum atomic E-state index is -0.915. The molecule has 4 nitrogen and oxygen atoms in total. The van der Waals surface area contributed by atoms with Crippen LogP contribution in [0.5, 0.6) is 5.75 Å². The molecule has 1 atom stereocenters.